The molecule has 4 nitrogen and oxygen atoms in total. The molecule has 1 fully saturated rings. The molecule has 1 saturated heterocycles. The molecule has 1 atom stereocenters. The highest BCUT2D eigenvalue weighted by Crippen LogP contribution is 2.20. The van der Waals surface area contributed by atoms with Gasteiger partial charge in [-0.2, -0.15) is 0 Å². The molecule has 0 radical (unpaired) electrons. The molecule has 1 heterocycles. The highest BCUT2D eigenvalue weighted by atomic mass is 16.5. The number of carbonyl (C=O) groups excluding carboxylic acids is 2. The maximum Gasteiger partial charge on any atom is 0.311 e. The highest BCUT2D eigenvalue weighted by Gasteiger charge is 2.34. The van der Waals surface area contributed by atoms with Gasteiger partial charge in [0.1, 0.15) is 0 Å². The summed E-state index contributed by atoms with van der Waals surface area (Å²) < 4.78 is 5.25. The van der Waals surface area contributed by atoms with Gasteiger partial charge in [-0.15, -0.1) is 0 Å². The van der Waals surface area contributed by atoms with E-state index in [1.54, 1.807) is 0 Å². The van der Waals surface area contributed by atoms with Crippen molar-refractivity contribution in [3.63, 3.8) is 0 Å². The van der Waals surface area contributed by atoms with Gasteiger partial charge in [-0.3, -0.25) is 9.59 Å². The van der Waals surface area contributed by atoms with Crippen molar-refractivity contribution in [2.45, 2.75) is 65.2 Å². The normalized spacial score (nSPS) is 18.6. The number of amides is 1. The zero-order valence-corrected chi connectivity index (χ0v) is 13.0. The smallest absolute Gasteiger partial charge is 0.311 e. The average molecular weight is 283 g/mol. The van der Waals surface area contributed by atoms with Crippen molar-refractivity contribution in [2.75, 3.05) is 19.7 Å². The Balaban J connectivity index is 2.22. The van der Waals surface area contributed by atoms with Crippen LogP contribution in [0, 0.1) is 5.92 Å². The minimum Gasteiger partial charge on any atom is -0.465 e. The molecule has 0 aromatic heterocycles. The summed E-state index contributed by atoms with van der Waals surface area (Å²) in [6.45, 7) is 6.13. The zero-order valence-electron chi connectivity index (χ0n) is 13.0. The van der Waals surface area contributed by atoms with Gasteiger partial charge in [0.15, 0.2) is 0 Å². The number of nitrogens with zero attached hydrogens (tertiary/aromatic N) is 1. The Bertz CT molecular complexity index is 304. The molecular weight excluding hydrogens is 254 g/mol. The number of hydrogen-bond donors (Lipinski definition) is 0. The Morgan fingerprint density at radius 3 is 2.55 bits per heavy atom. The van der Waals surface area contributed by atoms with E-state index in [1.165, 1.54) is 12.8 Å². The molecule has 0 bridgehead atoms. The number of hydrogen-bond acceptors (Lipinski definition) is 3. The molecule has 1 rings (SSSR count). The van der Waals surface area contributed by atoms with Gasteiger partial charge in [0.25, 0.3) is 0 Å². The summed E-state index contributed by atoms with van der Waals surface area (Å²) in [7, 11) is 0. The average Bonchev–Trinajstić information content (AvgIpc) is 2.81. The van der Waals surface area contributed by atoms with Crippen LogP contribution in [-0.2, 0) is 14.3 Å². The van der Waals surface area contributed by atoms with Crippen molar-refractivity contribution in [3.05, 3.63) is 0 Å². The van der Waals surface area contributed by atoms with Gasteiger partial charge in [-0.25, -0.2) is 0 Å². The Morgan fingerprint density at radius 2 is 1.85 bits per heavy atom. The number of esters is 1. The molecule has 1 aliphatic heterocycles. The third-order valence-corrected chi connectivity index (χ3v) is 3.82. The van der Waals surface area contributed by atoms with E-state index in [2.05, 4.69) is 13.8 Å². The van der Waals surface area contributed by atoms with Crippen molar-refractivity contribution < 1.29 is 14.3 Å². The molecule has 0 spiro atoms. The minimum absolute atomic E-state index is 0.108. The molecule has 4 heteroatoms. The molecule has 1 aliphatic rings. The largest absolute Gasteiger partial charge is 0.465 e. The molecule has 0 aromatic carbocycles. The predicted octanol–water partition coefficient (Wildman–Crippen LogP) is 3.15. The van der Waals surface area contributed by atoms with Crippen LogP contribution in [-0.4, -0.2) is 36.5 Å². The third-order valence-electron chi connectivity index (χ3n) is 3.82. The number of ether oxygens (including phenoxy) is 1. The van der Waals surface area contributed by atoms with Crippen LogP contribution in [0.3, 0.4) is 0 Å². The summed E-state index contributed by atoms with van der Waals surface area (Å²) in [5.74, 6) is -0.321. The molecule has 0 aliphatic carbocycles. The van der Waals surface area contributed by atoms with Gasteiger partial charge in [-0.05, 0) is 12.8 Å². The lowest BCUT2D eigenvalue weighted by molar-refractivity contribution is -0.148. The monoisotopic (exact) mass is 283 g/mol. The van der Waals surface area contributed by atoms with Gasteiger partial charge in [0.2, 0.25) is 5.91 Å². The van der Waals surface area contributed by atoms with Crippen LogP contribution in [0.1, 0.15) is 65.2 Å². The maximum absolute atomic E-state index is 11.9. The van der Waals surface area contributed by atoms with Crippen LogP contribution in [0.15, 0.2) is 0 Å². The van der Waals surface area contributed by atoms with Crippen LogP contribution >= 0.6 is 0 Å². The van der Waals surface area contributed by atoms with E-state index in [4.69, 9.17) is 4.74 Å². The molecule has 0 aromatic rings. The molecule has 0 saturated carbocycles. The summed E-state index contributed by atoms with van der Waals surface area (Å²) in [6, 6.07) is 0. The second-order valence-electron chi connectivity index (χ2n) is 5.68. The molecular formula is C16H29NO3. The second-order valence-corrected chi connectivity index (χ2v) is 5.68. The van der Waals surface area contributed by atoms with Crippen molar-refractivity contribution in [2.24, 2.45) is 5.92 Å². The fourth-order valence-corrected chi connectivity index (χ4v) is 2.52. The summed E-state index contributed by atoms with van der Waals surface area (Å²) in [4.78, 5) is 25.5. The Morgan fingerprint density at radius 1 is 1.15 bits per heavy atom. The summed E-state index contributed by atoms with van der Waals surface area (Å²) in [6.07, 6.45) is 8.06. The van der Waals surface area contributed by atoms with E-state index in [9.17, 15) is 9.59 Å². The van der Waals surface area contributed by atoms with E-state index < -0.39 is 0 Å². The predicted molar refractivity (Wildman–Crippen MR) is 79.3 cm³/mol. The Labute approximate surface area is 122 Å². The number of unbranched alkanes of at least 4 members (excludes halogenated alkanes) is 5. The lowest BCUT2D eigenvalue weighted by Crippen LogP contribution is -2.27. The molecule has 116 valence electrons. The molecule has 20 heavy (non-hydrogen) atoms. The zero-order chi connectivity index (χ0) is 14.8. The van der Waals surface area contributed by atoms with Gasteiger partial charge < -0.3 is 9.64 Å². The number of carbonyl (C=O) groups is 2. The fraction of sp³-hybridized carbons (Fsp3) is 0.875. The van der Waals surface area contributed by atoms with Crippen molar-refractivity contribution in [3.8, 4) is 0 Å². The van der Waals surface area contributed by atoms with Gasteiger partial charge in [0, 0.05) is 19.5 Å². The van der Waals surface area contributed by atoms with E-state index in [-0.39, 0.29) is 17.8 Å². The van der Waals surface area contributed by atoms with Crippen LogP contribution in [0.5, 0.6) is 0 Å². The topological polar surface area (TPSA) is 46.6 Å². The summed E-state index contributed by atoms with van der Waals surface area (Å²) in [5, 5.41) is 0. The maximum atomic E-state index is 11.9. The van der Waals surface area contributed by atoms with E-state index in [0.29, 0.717) is 19.6 Å². The second kappa shape index (κ2) is 9.78. The molecule has 1 unspecified atom stereocenters. The molecule has 0 N–H and O–H groups in total. The Kier molecular flexibility index (Phi) is 8.31. The fourth-order valence-electron chi connectivity index (χ4n) is 2.52. The Hall–Kier alpha value is -1.06. The van der Waals surface area contributed by atoms with E-state index >= 15 is 0 Å². The first kappa shape index (κ1) is 17.0. The van der Waals surface area contributed by atoms with Crippen molar-refractivity contribution in [1.82, 2.24) is 4.90 Å². The summed E-state index contributed by atoms with van der Waals surface area (Å²) in [5.41, 5.74) is 0. The standard InChI is InChI=1S/C16H29NO3/c1-3-5-7-8-10-17-13-14(12-15(17)18)16(19)20-11-9-6-4-2/h14H,3-13H2,1-2H3. The first-order valence-corrected chi connectivity index (χ1v) is 8.13. The van der Waals surface area contributed by atoms with Crippen LogP contribution in [0.4, 0.5) is 0 Å². The van der Waals surface area contributed by atoms with Crippen LogP contribution in [0.25, 0.3) is 0 Å². The highest BCUT2D eigenvalue weighted by molar-refractivity contribution is 5.86. The first-order valence-electron chi connectivity index (χ1n) is 8.13. The molecule has 1 amide bonds. The quantitative estimate of drug-likeness (QED) is 0.457. The minimum atomic E-state index is -0.240. The SMILES string of the molecule is CCCCCCN1CC(C(=O)OCCCCC)CC1=O. The lowest BCUT2D eigenvalue weighted by Gasteiger charge is -2.16. The number of rotatable bonds is 10. The van der Waals surface area contributed by atoms with Crippen LogP contribution < -0.4 is 0 Å². The van der Waals surface area contributed by atoms with Crippen LogP contribution in [0.2, 0.25) is 0 Å². The van der Waals surface area contributed by atoms with Gasteiger partial charge in [0.05, 0.1) is 12.5 Å². The third kappa shape index (κ3) is 5.93. The van der Waals surface area contributed by atoms with Gasteiger partial charge >= 0.3 is 5.97 Å². The number of likely N-dealkylation sites (tertiary alicyclic amines) is 1. The van der Waals surface area contributed by atoms with E-state index in [1.807, 2.05) is 4.90 Å². The van der Waals surface area contributed by atoms with Gasteiger partial charge in [-0.1, -0.05) is 46.0 Å². The van der Waals surface area contributed by atoms with Crippen molar-refractivity contribution in [1.29, 1.82) is 0 Å². The summed E-state index contributed by atoms with van der Waals surface area (Å²) >= 11 is 0. The van der Waals surface area contributed by atoms with Crippen molar-refractivity contribution >= 4 is 11.9 Å². The lowest BCUT2D eigenvalue weighted by atomic mass is 10.1. The van der Waals surface area contributed by atoms with E-state index in [0.717, 1.165) is 38.6 Å². The first-order chi connectivity index (χ1) is 9.69.